The number of pyridine rings is 1. The Hall–Kier alpha value is -4.41. The average molecular weight is 479 g/mol. The fourth-order valence-electron chi connectivity index (χ4n) is 3.68. The Morgan fingerprint density at radius 3 is 2.63 bits per heavy atom. The molecule has 1 aromatic carbocycles. The number of imidazole rings is 1. The molecule has 2 N–H and O–H groups in total. The Labute approximate surface area is 200 Å². The number of rotatable bonds is 10. The Bertz CT molecular complexity index is 1440. The molecule has 0 saturated heterocycles. The van der Waals surface area contributed by atoms with E-state index >= 15 is 0 Å². The van der Waals surface area contributed by atoms with Crippen LogP contribution in [0.4, 0.5) is 5.82 Å². The smallest absolute Gasteiger partial charge is 0.332 e. The van der Waals surface area contributed by atoms with Crippen LogP contribution in [0.15, 0.2) is 58.3 Å². The molecule has 3 aromatic heterocycles. The number of aliphatic carboxylic acids is 1. The summed E-state index contributed by atoms with van der Waals surface area (Å²) in [4.78, 5) is 50.0. The summed E-state index contributed by atoms with van der Waals surface area (Å²) in [5, 5.41) is 8.82. The molecule has 3 heterocycles. The van der Waals surface area contributed by atoms with Gasteiger partial charge in [-0.05, 0) is 42.8 Å². The van der Waals surface area contributed by atoms with Crippen LogP contribution < -0.4 is 20.9 Å². The number of anilines is 1. The van der Waals surface area contributed by atoms with E-state index < -0.39 is 17.2 Å². The van der Waals surface area contributed by atoms with Crippen LogP contribution in [0, 0.1) is 0 Å². The van der Waals surface area contributed by atoms with Gasteiger partial charge in [0.2, 0.25) is 0 Å². The number of aryl methyl sites for hydroxylation is 1. The lowest BCUT2D eigenvalue weighted by molar-refractivity contribution is -0.137. The number of carboxylic acids is 1. The lowest BCUT2D eigenvalue weighted by Crippen LogP contribution is -2.39. The molecule has 35 heavy (non-hydrogen) atoms. The minimum absolute atomic E-state index is 0.0175. The van der Waals surface area contributed by atoms with Crippen molar-refractivity contribution in [1.82, 2.24) is 24.1 Å². The van der Waals surface area contributed by atoms with Gasteiger partial charge in [0.1, 0.15) is 29.5 Å². The number of hydrogen-bond acceptors (Lipinski definition) is 7. The van der Waals surface area contributed by atoms with Crippen LogP contribution in [-0.2, 0) is 18.4 Å². The number of aromatic amines is 1. The molecule has 0 aliphatic heterocycles. The van der Waals surface area contributed by atoms with Crippen LogP contribution in [0.5, 0.6) is 5.75 Å². The van der Waals surface area contributed by atoms with E-state index in [4.69, 9.17) is 9.84 Å². The number of ether oxygens (including phenoxy) is 1. The molecule has 4 rings (SSSR count). The zero-order valence-electron chi connectivity index (χ0n) is 19.5. The third-order valence-electron chi connectivity index (χ3n) is 5.62. The number of hydrogen-bond donors (Lipinski definition) is 2. The Balaban J connectivity index is 1.48. The Morgan fingerprint density at radius 2 is 1.94 bits per heavy atom. The van der Waals surface area contributed by atoms with E-state index in [9.17, 15) is 14.4 Å². The summed E-state index contributed by atoms with van der Waals surface area (Å²) in [6, 6.07) is 13.0. The molecule has 11 heteroatoms. The number of carboxylic acid groups (broad SMARTS) is 1. The first-order valence-electron chi connectivity index (χ1n) is 11.1. The minimum Gasteiger partial charge on any atom is -0.492 e. The van der Waals surface area contributed by atoms with E-state index in [0.717, 1.165) is 15.9 Å². The zero-order valence-corrected chi connectivity index (χ0v) is 19.5. The molecule has 0 bridgehead atoms. The summed E-state index contributed by atoms with van der Waals surface area (Å²) in [6.07, 6.45) is 1.79. The van der Waals surface area contributed by atoms with Crippen molar-refractivity contribution in [3.05, 3.63) is 69.5 Å². The summed E-state index contributed by atoms with van der Waals surface area (Å²) in [5.41, 5.74) is 0.0932. The van der Waals surface area contributed by atoms with Crippen molar-refractivity contribution < 1.29 is 14.6 Å². The fraction of sp³-hybridized carbons (Fsp3) is 0.292. The van der Waals surface area contributed by atoms with Gasteiger partial charge in [-0.2, -0.15) is 0 Å². The molecule has 0 fully saturated rings. The minimum atomic E-state index is -0.979. The number of likely N-dealkylation sites (N-methyl/N-ethyl adjacent to an activating group) is 1. The maximum absolute atomic E-state index is 12.9. The van der Waals surface area contributed by atoms with Crippen LogP contribution in [0.3, 0.4) is 0 Å². The van der Waals surface area contributed by atoms with E-state index in [1.165, 1.54) is 11.6 Å². The van der Waals surface area contributed by atoms with Crippen molar-refractivity contribution in [3.8, 4) is 17.1 Å². The van der Waals surface area contributed by atoms with Crippen molar-refractivity contribution in [2.24, 2.45) is 7.05 Å². The van der Waals surface area contributed by atoms with Crippen molar-refractivity contribution in [1.29, 1.82) is 0 Å². The molecule has 182 valence electrons. The van der Waals surface area contributed by atoms with Gasteiger partial charge in [0.05, 0.1) is 6.54 Å². The second-order valence-corrected chi connectivity index (χ2v) is 8.06. The molecule has 0 aliphatic rings. The highest BCUT2D eigenvalue weighted by Gasteiger charge is 2.16. The zero-order chi connectivity index (χ0) is 24.9. The predicted molar refractivity (Wildman–Crippen MR) is 131 cm³/mol. The topological polar surface area (TPSA) is 135 Å². The summed E-state index contributed by atoms with van der Waals surface area (Å²) in [6.45, 7) is 1.15. The summed E-state index contributed by atoms with van der Waals surface area (Å²) >= 11 is 0. The first-order chi connectivity index (χ1) is 16.8. The summed E-state index contributed by atoms with van der Waals surface area (Å²) < 4.78 is 8.15. The molecule has 0 atom stereocenters. The Kier molecular flexibility index (Phi) is 6.95. The van der Waals surface area contributed by atoms with E-state index in [1.807, 2.05) is 54.4 Å². The van der Waals surface area contributed by atoms with Crippen LogP contribution in [-0.4, -0.2) is 55.4 Å². The largest absolute Gasteiger partial charge is 0.492 e. The van der Waals surface area contributed by atoms with Crippen molar-refractivity contribution in [3.63, 3.8) is 0 Å². The quantitative estimate of drug-likeness (QED) is 0.353. The third-order valence-corrected chi connectivity index (χ3v) is 5.62. The van der Waals surface area contributed by atoms with Gasteiger partial charge in [0.25, 0.3) is 5.56 Å². The van der Waals surface area contributed by atoms with Crippen molar-refractivity contribution in [2.75, 3.05) is 25.1 Å². The molecule has 0 radical (unpaired) electrons. The lowest BCUT2D eigenvalue weighted by Gasteiger charge is -2.18. The van der Waals surface area contributed by atoms with Crippen molar-refractivity contribution >= 4 is 23.0 Å². The monoisotopic (exact) mass is 478 g/mol. The maximum atomic E-state index is 12.9. The first-order valence-corrected chi connectivity index (χ1v) is 11.1. The van der Waals surface area contributed by atoms with E-state index in [-0.39, 0.29) is 30.6 Å². The van der Waals surface area contributed by atoms with Crippen LogP contribution in [0.2, 0.25) is 0 Å². The van der Waals surface area contributed by atoms with E-state index in [1.54, 1.807) is 6.20 Å². The molecular formula is C24H26N6O5. The molecule has 0 amide bonds. The molecule has 0 spiro atoms. The van der Waals surface area contributed by atoms with Gasteiger partial charge in [-0.3, -0.25) is 18.7 Å². The maximum Gasteiger partial charge on any atom is 0.332 e. The molecule has 0 aliphatic carbocycles. The normalized spacial score (nSPS) is 11.0. The molecule has 0 saturated carbocycles. The van der Waals surface area contributed by atoms with Crippen LogP contribution in [0.25, 0.3) is 22.6 Å². The van der Waals surface area contributed by atoms with Gasteiger partial charge in [-0.15, -0.1) is 0 Å². The standard InChI is InChI=1S/C24H26N6O5/c1-28(18-6-3-4-12-25-18)14-15-35-17-10-8-16(9-11-17)21-26-20-22(27-21)29(2)24(34)30(23(20)33)13-5-7-19(31)32/h3-4,6,8-12H,5,7,13-15H2,1-2H3,(H,26,27)(H,31,32). The molecule has 4 aromatic rings. The third kappa shape index (κ3) is 5.24. The number of H-pyrrole nitrogens is 1. The SMILES string of the molecule is CN(CCOc1ccc(-c2nc3c([nH]2)c(=O)n(CCCC(=O)O)c(=O)n3C)cc1)c1ccccn1. The van der Waals surface area contributed by atoms with E-state index in [0.29, 0.717) is 24.7 Å². The van der Waals surface area contributed by atoms with Crippen LogP contribution >= 0.6 is 0 Å². The number of fused-ring (bicyclic) bond motifs is 1. The van der Waals surface area contributed by atoms with Gasteiger partial charge >= 0.3 is 11.7 Å². The molecular weight excluding hydrogens is 452 g/mol. The number of carbonyl (C=O) groups is 1. The highest BCUT2D eigenvalue weighted by Crippen LogP contribution is 2.21. The fourth-order valence-corrected chi connectivity index (χ4v) is 3.68. The second kappa shape index (κ2) is 10.2. The van der Waals surface area contributed by atoms with Crippen LogP contribution in [0.1, 0.15) is 12.8 Å². The van der Waals surface area contributed by atoms with Gasteiger partial charge in [-0.1, -0.05) is 6.07 Å². The number of benzene rings is 1. The van der Waals surface area contributed by atoms with Crippen molar-refractivity contribution in [2.45, 2.75) is 19.4 Å². The van der Waals surface area contributed by atoms with Gasteiger partial charge < -0.3 is 19.7 Å². The Morgan fingerprint density at radius 1 is 1.17 bits per heavy atom. The molecule has 11 nitrogen and oxygen atoms in total. The van der Waals surface area contributed by atoms with Gasteiger partial charge in [-0.25, -0.2) is 14.8 Å². The average Bonchev–Trinajstić information content (AvgIpc) is 3.31. The predicted octanol–water partition coefficient (Wildman–Crippen LogP) is 1.87. The highest BCUT2D eigenvalue weighted by atomic mass is 16.5. The number of nitrogens with zero attached hydrogens (tertiary/aromatic N) is 5. The number of aromatic nitrogens is 5. The van der Waals surface area contributed by atoms with Gasteiger partial charge in [0, 0.05) is 38.8 Å². The summed E-state index contributed by atoms with van der Waals surface area (Å²) in [5.74, 6) is 1.02. The van der Waals surface area contributed by atoms with Gasteiger partial charge in [0.15, 0.2) is 5.65 Å². The first kappa shape index (κ1) is 23.7. The molecule has 0 unspecified atom stereocenters. The summed E-state index contributed by atoms with van der Waals surface area (Å²) in [7, 11) is 3.48. The highest BCUT2D eigenvalue weighted by molar-refractivity contribution is 5.75. The number of nitrogens with one attached hydrogen (secondary N) is 1. The second-order valence-electron chi connectivity index (χ2n) is 8.06. The van der Waals surface area contributed by atoms with E-state index in [2.05, 4.69) is 15.0 Å². The lowest BCUT2D eigenvalue weighted by atomic mass is 10.2.